The maximum atomic E-state index is 15.8. The lowest BCUT2D eigenvalue weighted by atomic mass is 10.0. The average molecular weight is 619 g/mol. The van der Waals surface area contributed by atoms with Gasteiger partial charge in [0, 0.05) is 55.4 Å². The molecule has 1 aliphatic heterocycles. The predicted octanol–water partition coefficient (Wildman–Crippen LogP) is 6.31. The summed E-state index contributed by atoms with van der Waals surface area (Å²) in [5.74, 6) is -0.909. The molecule has 0 radical (unpaired) electrons. The number of anilines is 3. The molecular formula is C32H32F2N6O3S. The number of amides is 1. The van der Waals surface area contributed by atoms with Gasteiger partial charge in [0.15, 0.2) is 10.9 Å². The van der Waals surface area contributed by atoms with Crippen LogP contribution in [0.5, 0.6) is 0 Å². The number of hydrogen-bond donors (Lipinski definition) is 1. The minimum atomic E-state index is -0.817. The number of nitrogens with zero attached hydrogens (tertiary/aromatic N) is 6. The number of benzene rings is 2. The Kier molecular flexibility index (Phi) is 7.63. The molecule has 1 fully saturated rings. The molecule has 9 nitrogen and oxygen atoms in total. The normalized spacial score (nSPS) is 16.6. The highest BCUT2D eigenvalue weighted by molar-refractivity contribution is 7.16. The molecule has 3 heterocycles. The first-order valence-corrected chi connectivity index (χ1v) is 15.2. The van der Waals surface area contributed by atoms with Gasteiger partial charge in [-0.25, -0.2) is 23.5 Å². The van der Waals surface area contributed by atoms with E-state index in [1.165, 1.54) is 29.5 Å². The highest BCUT2D eigenvalue weighted by Crippen LogP contribution is 2.45. The van der Waals surface area contributed by atoms with E-state index in [2.05, 4.69) is 11.1 Å². The second kappa shape index (κ2) is 11.3. The van der Waals surface area contributed by atoms with Gasteiger partial charge < -0.3 is 24.5 Å². The molecule has 1 N–H and O–H groups in total. The van der Waals surface area contributed by atoms with Gasteiger partial charge in [0.1, 0.15) is 33.6 Å². The fourth-order valence-corrected chi connectivity index (χ4v) is 6.61. The summed E-state index contributed by atoms with van der Waals surface area (Å²) in [5.41, 5.74) is 3.14. The number of thiazole rings is 1. The summed E-state index contributed by atoms with van der Waals surface area (Å²) < 4.78 is 35.0. The van der Waals surface area contributed by atoms with Crippen molar-refractivity contribution in [3.63, 3.8) is 0 Å². The van der Waals surface area contributed by atoms with Gasteiger partial charge in [-0.1, -0.05) is 11.3 Å². The molecule has 2 aliphatic rings. The summed E-state index contributed by atoms with van der Waals surface area (Å²) in [6.07, 6.45) is -0.185. The average Bonchev–Trinajstić information content (AvgIpc) is 3.59. The van der Waals surface area contributed by atoms with Gasteiger partial charge in [-0.15, -0.1) is 0 Å². The molecule has 1 saturated heterocycles. The molecule has 2 aromatic carbocycles. The number of nitriles is 1. The number of piperazine rings is 1. The van der Waals surface area contributed by atoms with Gasteiger partial charge in [0.05, 0.1) is 17.5 Å². The lowest BCUT2D eigenvalue weighted by Gasteiger charge is -2.37. The van der Waals surface area contributed by atoms with E-state index in [9.17, 15) is 19.6 Å². The smallest absolute Gasteiger partial charge is 0.410 e. The molecule has 6 rings (SSSR count). The Bertz CT molecular complexity index is 1790. The van der Waals surface area contributed by atoms with Crippen LogP contribution in [0.25, 0.3) is 22.2 Å². The van der Waals surface area contributed by atoms with E-state index in [1.807, 2.05) is 36.6 Å². The van der Waals surface area contributed by atoms with Crippen molar-refractivity contribution in [3.05, 3.63) is 64.2 Å². The van der Waals surface area contributed by atoms with Crippen molar-refractivity contribution in [1.29, 1.82) is 5.26 Å². The van der Waals surface area contributed by atoms with Crippen molar-refractivity contribution >= 4 is 44.8 Å². The first-order chi connectivity index (χ1) is 20.9. The van der Waals surface area contributed by atoms with Crippen LogP contribution in [0, 0.1) is 23.0 Å². The lowest BCUT2D eigenvalue weighted by molar-refractivity contribution is 0.0240. The van der Waals surface area contributed by atoms with Gasteiger partial charge in [0.25, 0.3) is 0 Å². The van der Waals surface area contributed by atoms with Crippen LogP contribution in [0.2, 0.25) is 0 Å². The largest absolute Gasteiger partial charge is 0.444 e. The maximum Gasteiger partial charge on any atom is 0.410 e. The number of fused-ring (bicyclic) bond motifs is 2. The molecule has 0 bridgehead atoms. The molecule has 0 spiro atoms. The molecule has 4 aromatic rings. The molecule has 1 amide bonds. The van der Waals surface area contributed by atoms with E-state index in [1.54, 1.807) is 24.1 Å². The molecule has 228 valence electrons. The molecule has 44 heavy (non-hydrogen) atoms. The summed E-state index contributed by atoms with van der Waals surface area (Å²) in [6, 6.07) is 11.3. The van der Waals surface area contributed by atoms with Gasteiger partial charge in [0.2, 0.25) is 0 Å². The number of halogens is 2. The van der Waals surface area contributed by atoms with Gasteiger partial charge in [-0.05, 0) is 70.0 Å². The molecule has 1 unspecified atom stereocenters. The fraction of sp³-hybridized carbons (Fsp3) is 0.375. The summed E-state index contributed by atoms with van der Waals surface area (Å²) in [7, 11) is 1.80. The molecule has 0 saturated carbocycles. The van der Waals surface area contributed by atoms with E-state index >= 15 is 4.39 Å². The second-order valence-electron chi connectivity index (χ2n) is 12.0. The Morgan fingerprint density at radius 1 is 1.14 bits per heavy atom. The van der Waals surface area contributed by atoms with Crippen LogP contribution in [-0.4, -0.2) is 64.9 Å². The fourth-order valence-electron chi connectivity index (χ4n) is 5.76. The minimum Gasteiger partial charge on any atom is -0.444 e. The Balaban J connectivity index is 1.39. The van der Waals surface area contributed by atoms with Gasteiger partial charge >= 0.3 is 6.09 Å². The zero-order valence-corrected chi connectivity index (χ0v) is 25.7. The number of aliphatic hydroxyl groups excluding tert-OH is 1. The first-order valence-electron chi connectivity index (χ1n) is 14.4. The van der Waals surface area contributed by atoms with Gasteiger partial charge in [-0.2, -0.15) is 5.26 Å². The lowest BCUT2D eigenvalue weighted by Crippen LogP contribution is -2.50. The van der Waals surface area contributed by atoms with Crippen molar-refractivity contribution in [2.45, 2.75) is 45.3 Å². The van der Waals surface area contributed by atoms with E-state index in [-0.39, 0.29) is 17.4 Å². The van der Waals surface area contributed by atoms with Crippen LogP contribution in [0.15, 0.2) is 36.4 Å². The number of rotatable bonds is 4. The number of hydrogen-bond acceptors (Lipinski definition) is 9. The Labute approximate surface area is 257 Å². The molecule has 1 aliphatic carbocycles. The molecule has 2 aromatic heterocycles. The third kappa shape index (κ3) is 5.53. The van der Waals surface area contributed by atoms with Crippen LogP contribution < -0.4 is 9.80 Å². The van der Waals surface area contributed by atoms with E-state index < -0.39 is 17.5 Å². The molecule has 12 heteroatoms. The number of pyridine rings is 1. The number of aromatic nitrogens is 2. The highest BCUT2D eigenvalue weighted by atomic mass is 32.1. The quantitative estimate of drug-likeness (QED) is 0.284. The summed E-state index contributed by atoms with van der Waals surface area (Å²) in [5, 5.41) is 21.7. The Hall–Kier alpha value is -4.34. The maximum absolute atomic E-state index is 15.8. The van der Waals surface area contributed by atoms with Crippen molar-refractivity contribution in [2.24, 2.45) is 0 Å². The Morgan fingerprint density at radius 2 is 1.84 bits per heavy atom. The van der Waals surface area contributed by atoms with Crippen LogP contribution >= 0.6 is 11.3 Å². The number of carbonyl (C=O) groups is 1. The predicted molar refractivity (Wildman–Crippen MR) is 165 cm³/mol. The van der Waals surface area contributed by atoms with Crippen molar-refractivity contribution in [2.75, 3.05) is 43.0 Å². The summed E-state index contributed by atoms with van der Waals surface area (Å²) in [6.45, 7) is 7.32. The van der Waals surface area contributed by atoms with E-state index in [0.717, 1.165) is 5.56 Å². The van der Waals surface area contributed by atoms with Crippen molar-refractivity contribution in [1.82, 2.24) is 14.9 Å². The summed E-state index contributed by atoms with van der Waals surface area (Å²) >= 11 is 1.18. The van der Waals surface area contributed by atoms with Crippen molar-refractivity contribution in [3.8, 4) is 17.3 Å². The number of carbonyl (C=O) groups excluding carboxylic acids is 1. The highest BCUT2D eigenvalue weighted by Gasteiger charge is 2.32. The van der Waals surface area contributed by atoms with Crippen LogP contribution in [-0.2, 0) is 11.2 Å². The molecule has 1 atom stereocenters. The van der Waals surface area contributed by atoms with Crippen molar-refractivity contribution < 1.29 is 23.4 Å². The minimum absolute atomic E-state index is 0.138. The third-order valence-corrected chi connectivity index (χ3v) is 8.90. The standard InChI is InChI=1S/C32H32F2N6O3S/c1-32(2,3)43-31(42)40-13-11-39(12-14-40)20-15-22-27(23(34)16-20)36-28-21(9-10-24(28)41)29(22)38(4)30-37-26(25(17-35)44-30)18-5-7-19(33)8-6-18/h5-8,15-16,24,41H,9-14H2,1-4H3. The zero-order chi connectivity index (χ0) is 31.3. The van der Waals surface area contributed by atoms with E-state index in [0.29, 0.717) is 82.7 Å². The second-order valence-corrected chi connectivity index (χ2v) is 13.0. The van der Waals surface area contributed by atoms with Crippen LogP contribution in [0.3, 0.4) is 0 Å². The Morgan fingerprint density at radius 3 is 2.50 bits per heavy atom. The number of ether oxygens (including phenoxy) is 1. The number of aliphatic hydroxyl groups is 1. The first kappa shape index (κ1) is 29.7. The van der Waals surface area contributed by atoms with Gasteiger partial charge in [-0.3, -0.25) is 0 Å². The topological polar surface area (TPSA) is 106 Å². The monoisotopic (exact) mass is 618 g/mol. The van der Waals surface area contributed by atoms with Crippen LogP contribution in [0.1, 0.15) is 49.4 Å². The summed E-state index contributed by atoms with van der Waals surface area (Å²) in [4.78, 5) is 27.8. The third-order valence-electron chi connectivity index (χ3n) is 7.87. The van der Waals surface area contributed by atoms with E-state index in [4.69, 9.17) is 9.72 Å². The molecular weight excluding hydrogens is 586 g/mol. The van der Waals surface area contributed by atoms with Crippen LogP contribution in [0.4, 0.5) is 30.1 Å². The zero-order valence-electron chi connectivity index (χ0n) is 24.9. The SMILES string of the molecule is CN(c1nc(-c2ccc(F)cc2)c(C#N)s1)c1c2c(nc3c(F)cc(N4CCN(C(=O)OC(C)(C)C)CC4)cc13)C(O)CC2.